The van der Waals surface area contributed by atoms with Gasteiger partial charge in [0, 0.05) is 22.7 Å². The smallest absolute Gasteiger partial charge is 0.277 e. The first-order valence-electron chi connectivity index (χ1n) is 7.97. The Labute approximate surface area is 146 Å². The van der Waals surface area contributed by atoms with Crippen LogP contribution >= 0.6 is 0 Å². The molecule has 0 aliphatic heterocycles. The van der Waals surface area contributed by atoms with E-state index in [-0.39, 0.29) is 12.5 Å². The predicted molar refractivity (Wildman–Crippen MR) is 99.9 cm³/mol. The van der Waals surface area contributed by atoms with Crippen molar-refractivity contribution in [2.24, 2.45) is 5.10 Å². The molecule has 0 radical (unpaired) electrons. The maximum absolute atomic E-state index is 11.9. The zero-order valence-electron chi connectivity index (χ0n) is 13.7. The van der Waals surface area contributed by atoms with Crippen LogP contribution in [0.15, 0.2) is 72.5 Å². The highest BCUT2D eigenvalue weighted by Gasteiger charge is 2.05. The average molecular weight is 333 g/mol. The van der Waals surface area contributed by atoms with Crippen molar-refractivity contribution >= 4 is 23.0 Å². The average Bonchev–Trinajstić information content (AvgIpc) is 3.05. The van der Waals surface area contributed by atoms with Crippen LogP contribution in [-0.2, 0) is 11.2 Å². The van der Waals surface area contributed by atoms with Gasteiger partial charge in [-0.2, -0.15) is 5.10 Å². The highest BCUT2D eigenvalue weighted by Crippen LogP contribution is 2.18. The molecule has 0 atom stereocenters. The van der Waals surface area contributed by atoms with Gasteiger partial charge in [-0.05, 0) is 24.1 Å². The molecule has 0 saturated heterocycles. The first-order chi connectivity index (χ1) is 12.3. The summed E-state index contributed by atoms with van der Waals surface area (Å²) < 4.78 is 5.57. The zero-order valence-corrected chi connectivity index (χ0v) is 13.7. The number of carbonyl (C=O) groups is 1. The number of fused-ring (bicyclic) bond motifs is 1. The summed E-state index contributed by atoms with van der Waals surface area (Å²) in [5, 5.41) is 5.05. The van der Waals surface area contributed by atoms with Gasteiger partial charge in [-0.15, -0.1) is 6.58 Å². The second-order valence-electron chi connectivity index (χ2n) is 5.47. The van der Waals surface area contributed by atoms with Crippen LogP contribution in [0.3, 0.4) is 0 Å². The van der Waals surface area contributed by atoms with Crippen LogP contribution in [0, 0.1) is 0 Å². The van der Waals surface area contributed by atoms with Gasteiger partial charge in [-0.3, -0.25) is 4.79 Å². The Bertz CT molecular complexity index is 912. The van der Waals surface area contributed by atoms with E-state index in [4.69, 9.17) is 4.74 Å². The van der Waals surface area contributed by atoms with Gasteiger partial charge in [0.15, 0.2) is 6.61 Å². The molecule has 126 valence electrons. The van der Waals surface area contributed by atoms with E-state index in [9.17, 15) is 4.79 Å². The monoisotopic (exact) mass is 333 g/mol. The molecule has 1 amide bonds. The Morgan fingerprint density at radius 3 is 2.88 bits per heavy atom. The van der Waals surface area contributed by atoms with Crippen molar-refractivity contribution in [1.29, 1.82) is 0 Å². The Morgan fingerprint density at radius 1 is 1.20 bits per heavy atom. The van der Waals surface area contributed by atoms with Crippen molar-refractivity contribution < 1.29 is 9.53 Å². The molecule has 3 aromatic rings. The maximum Gasteiger partial charge on any atom is 0.277 e. The summed E-state index contributed by atoms with van der Waals surface area (Å²) >= 11 is 0. The second-order valence-corrected chi connectivity index (χ2v) is 5.47. The number of amides is 1. The molecule has 0 unspecified atom stereocenters. The topological polar surface area (TPSA) is 66.5 Å². The maximum atomic E-state index is 11.9. The number of hydrogen-bond donors (Lipinski definition) is 2. The SMILES string of the molecule is C=CCc1ccccc1OCC(=O)N/N=C/c1c[nH]c2ccccc12. The van der Waals surface area contributed by atoms with E-state index in [2.05, 4.69) is 22.1 Å². The highest BCUT2D eigenvalue weighted by molar-refractivity contribution is 5.99. The quantitative estimate of drug-likeness (QED) is 0.395. The molecular weight excluding hydrogens is 314 g/mol. The molecule has 0 spiro atoms. The zero-order chi connectivity index (χ0) is 17.5. The van der Waals surface area contributed by atoms with E-state index in [0.717, 1.165) is 22.0 Å². The van der Waals surface area contributed by atoms with E-state index in [0.29, 0.717) is 12.2 Å². The third kappa shape index (κ3) is 4.14. The first-order valence-corrected chi connectivity index (χ1v) is 7.97. The van der Waals surface area contributed by atoms with Crippen molar-refractivity contribution in [2.45, 2.75) is 6.42 Å². The molecule has 2 aromatic carbocycles. The van der Waals surface area contributed by atoms with Gasteiger partial charge in [0.25, 0.3) is 5.91 Å². The lowest BCUT2D eigenvalue weighted by atomic mass is 10.1. The van der Waals surface area contributed by atoms with Crippen LogP contribution in [0.4, 0.5) is 0 Å². The van der Waals surface area contributed by atoms with Gasteiger partial charge in [0.05, 0.1) is 6.21 Å². The summed E-state index contributed by atoms with van der Waals surface area (Å²) in [6, 6.07) is 15.5. The largest absolute Gasteiger partial charge is 0.483 e. The minimum absolute atomic E-state index is 0.0978. The van der Waals surface area contributed by atoms with E-state index < -0.39 is 0 Å². The minimum Gasteiger partial charge on any atom is -0.483 e. The fraction of sp³-hybridized carbons (Fsp3) is 0.100. The molecule has 0 aliphatic carbocycles. The van der Waals surface area contributed by atoms with E-state index in [1.54, 1.807) is 12.3 Å². The Kier molecular flexibility index (Phi) is 5.26. The summed E-state index contributed by atoms with van der Waals surface area (Å²) in [6.07, 6.45) is 5.95. The Morgan fingerprint density at radius 2 is 2.00 bits per heavy atom. The van der Waals surface area contributed by atoms with Crippen molar-refractivity contribution in [3.63, 3.8) is 0 Å². The summed E-state index contributed by atoms with van der Waals surface area (Å²) in [5.74, 6) is 0.364. The van der Waals surface area contributed by atoms with Crippen LogP contribution in [0.5, 0.6) is 5.75 Å². The molecule has 1 aromatic heterocycles. The van der Waals surface area contributed by atoms with Gasteiger partial charge < -0.3 is 9.72 Å². The fourth-order valence-corrected chi connectivity index (χ4v) is 2.52. The van der Waals surface area contributed by atoms with E-state index in [1.165, 1.54) is 0 Å². The second kappa shape index (κ2) is 7.97. The van der Waals surface area contributed by atoms with Crippen LogP contribution in [0.2, 0.25) is 0 Å². The number of aromatic nitrogens is 1. The van der Waals surface area contributed by atoms with Gasteiger partial charge in [-0.1, -0.05) is 42.5 Å². The number of hydrazone groups is 1. The van der Waals surface area contributed by atoms with Crippen molar-refractivity contribution in [2.75, 3.05) is 6.61 Å². The lowest BCUT2D eigenvalue weighted by Gasteiger charge is -2.09. The summed E-state index contributed by atoms with van der Waals surface area (Å²) in [4.78, 5) is 15.1. The molecule has 5 heteroatoms. The molecule has 2 N–H and O–H groups in total. The van der Waals surface area contributed by atoms with E-state index in [1.807, 2.05) is 54.7 Å². The van der Waals surface area contributed by atoms with Crippen LogP contribution < -0.4 is 10.2 Å². The number of rotatable bonds is 7. The standard InChI is InChI=1S/C20H19N3O2/c1-2-7-15-8-3-6-11-19(15)25-14-20(24)23-22-13-16-12-21-18-10-5-4-9-17(16)18/h2-6,8-13,21H,1,7,14H2,(H,23,24)/b22-13+. The summed E-state index contributed by atoms with van der Waals surface area (Å²) in [6.45, 7) is 3.62. The summed E-state index contributed by atoms with van der Waals surface area (Å²) in [5.41, 5.74) is 5.41. The first kappa shape index (κ1) is 16.5. The molecule has 0 aliphatic rings. The number of para-hydroxylation sites is 2. The minimum atomic E-state index is -0.315. The van der Waals surface area contributed by atoms with Crippen molar-refractivity contribution in [3.05, 3.63) is 78.5 Å². The number of hydrogen-bond acceptors (Lipinski definition) is 3. The number of aromatic amines is 1. The van der Waals surface area contributed by atoms with Crippen LogP contribution in [-0.4, -0.2) is 23.7 Å². The molecule has 0 fully saturated rings. The number of nitrogens with zero attached hydrogens (tertiary/aromatic N) is 1. The highest BCUT2D eigenvalue weighted by atomic mass is 16.5. The van der Waals surface area contributed by atoms with Gasteiger partial charge >= 0.3 is 0 Å². The molecule has 1 heterocycles. The molecule has 0 saturated carbocycles. The Balaban J connectivity index is 1.56. The lowest BCUT2D eigenvalue weighted by Crippen LogP contribution is -2.24. The number of carbonyl (C=O) groups excluding carboxylic acids is 1. The molecule has 0 bridgehead atoms. The van der Waals surface area contributed by atoms with Crippen molar-refractivity contribution in [1.82, 2.24) is 10.4 Å². The fourth-order valence-electron chi connectivity index (χ4n) is 2.52. The van der Waals surface area contributed by atoms with Crippen LogP contribution in [0.1, 0.15) is 11.1 Å². The Hall–Kier alpha value is -3.34. The molecule has 3 rings (SSSR count). The lowest BCUT2D eigenvalue weighted by molar-refractivity contribution is -0.123. The van der Waals surface area contributed by atoms with E-state index >= 15 is 0 Å². The normalized spacial score (nSPS) is 10.9. The van der Waals surface area contributed by atoms with Gasteiger partial charge in [0.2, 0.25) is 0 Å². The third-order valence-corrected chi connectivity index (χ3v) is 3.71. The van der Waals surface area contributed by atoms with Crippen LogP contribution in [0.25, 0.3) is 10.9 Å². The number of nitrogens with one attached hydrogen (secondary N) is 2. The third-order valence-electron chi connectivity index (χ3n) is 3.71. The number of ether oxygens (including phenoxy) is 1. The number of benzene rings is 2. The molecular formula is C20H19N3O2. The molecule has 5 nitrogen and oxygen atoms in total. The predicted octanol–water partition coefficient (Wildman–Crippen LogP) is 3.43. The summed E-state index contributed by atoms with van der Waals surface area (Å²) in [7, 11) is 0. The van der Waals surface area contributed by atoms with Gasteiger partial charge in [-0.25, -0.2) is 5.43 Å². The number of H-pyrrole nitrogens is 1. The molecule has 25 heavy (non-hydrogen) atoms. The number of allylic oxidation sites excluding steroid dienone is 1. The van der Waals surface area contributed by atoms with Gasteiger partial charge in [0.1, 0.15) is 5.75 Å². The van der Waals surface area contributed by atoms with Crippen molar-refractivity contribution in [3.8, 4) is 5.75 Å².